The Morgan fingerprint density at radius 2 is 2.03 bits per heavy atom. The summed E-state index contributed by atoms with van der Waals surface area (Å²) in [5.74, 6) is 1.41. The number of nitrogens with one attached hydrogen (secondary N) is 2. The van der Waals surface area contributed by atoms with Crippen molar-refractivity contribution >= 4 is 11.6 Å². The Balaban J connectivity index is 1.52. The van der Waals surface area contributed by atoms with Crippen LogP contribution in [0.25, 0.3) is 0 Å². The van der Waals surface area contributed by atoms with Crippen molar-refractivity contribution in [2.45, 2.75) is 45.6 Å². The van der Waals surface area contributed by atoms with E-state index in [2.05, 4.69) is 27.4 Å². The van der Waals surface area contributed by atoms with Crippen molar-refractivity contribution in [2.75, 3.05) is 64.4 Å². The van der Waals surface area contributed by atoms with Gasteiger partial charge in [-0.3, -0.25) is 4.99 Å². The van der Waals surface area contributed by atoms with Crippen molar-refractivity contribution < 1.29 is 9.13 Å². The van der Waals surface area contributed by atoms with Gasteiger partial charge in [-0.15, -0.1) is 0 Å². The number of hydrogen-bond acceptors (Lipinski definition) is 4. The van der Waals surface area contributed by atoms with Gasteiger partial charge < -0.3 is 25.2 Å². The van der Waals surface area contributed by atoms with Gasteiger partial charge in [0.2, 0.25) is 0 Å². The Morgan fingerprint density at radius 1 is 1.23 bits per heavy atom. The van der Waals surface area contributed by atoms with Gasteiger partial charge in [-0.1, -0.05) is 0 Å². The van der Waals surface area contributed by atoms with Crippen molar-refractivity contribution in [2.24, 2.45) is 10.9 Å². The third-order valence-corrected chi connectivity index (χ3v) is 6.43. The van der Waals surface area contributed by atoms with Gasteiger partial charge in [0.05, 0.1) is 6.61 Å². The molecule has 2 N–H and O–H groups in total. The van der Waals surface area contributed by atoms with Crippen LogP contribution in [0.5, 0.6) is 0 Å². The molecule has 0 spiro atoms. The summed E-state index contributed by atoms with van der Waals surface area (Å²) < 4.78 is 18.7. The average Bonchev–Trinajstić information content (AvgIpc) is 2.77. The zero-order chi connectivity index (χ0) is 22.1. The van der Waals surface area contributed by atoms with E-state index in [1.165, 1.54) is 12.8 Å². The fourth-order valence-electron chi connectivity index (χ4n) is 4.63. The van der Waals surface area contributed by atoms with Crippen LogP contribution < -0.4 is 15.5 Å². The van der Waals surface area contributed by atoms with E-state index in [1.807, 2.05) is 13.0 Å². The topological polar surface area (TPSA) is 52.1 Å². The summed E-state index contributed by atoms with van der Waals surface area (Å²) in [5.41, 5.74) is 2.13. The van der Waals surface area contributed by atoms with E-state index in [-0.39, 0.29) is 5.82 Å². The molecule has 3 rings (SSSR count). The fourth-order valence-corrected chi connectivity index (χ4v) is 4.63. The van der Waals surface area contributed by atoms with Gasteiger partial charge in [0.15, 0.2) is 5.96 Å². The standard InChI is InChI=1S/C24H40FN5O/c1-4-26-24(27-17-20-9-12-29(13-10-20)14-15-31-3)28-22-6-5-11-30(18-22)23-8-7-21(25)16-19(23)2/h7-8,16,20,22H,4-6,9-15,17-18H2,1-3H3,(H2,26,27,28). The van der Waals surface area contributed by atoms with Gasteiger partial charge in [0, 0.05) is 51.6 Å². The number of ether oxygens (including phenoxy) is 1. The predicted molar refractivity (Wildman–Crippen MR) is 127 cm³/mol. The number of aliphatic imine (C=N–C) groups is 1. The molecule has 0 aliphatic carbocycles. The molecule has 2 aliphatic rings. The van der Waals surface area contributed by atoms with Crippen LogP contribution in [-0.2, 0) is 4.74 Å². The smallest absolute Gasteiger partial charge is 0.191 e. The minimum absolute atomic E-state index is 0.168. The maximum atomic E-state index is 13.5. The normalized spacial score (nSPS) is 21.4. The van der Waals surface area contributed by atoms with E-state index >= 15 is 0 Å². The number of halogens is 1. The Morgan fingerprint density at radius 3 is 2.74 bits per heavy atom. The third kappa shape index (κ3) is 7.35. The number of hydrogen-bond donors (Lipinski definition) is 2. The van der Waals surface area contributed by atoms with Crippen LogP contribution in [0.2, 0.25) is 0 Å². The molecule has 0 amide bonds. The van der Waals surface area contributed by atoms with E-state index in [0.29, 0.717) is 12.0 Å². The number of nitrogens with zero attached hydrogens (tertiary/aromatic N) is 3. The first-order valence-corrected chi connectivity index (χ1v) is 11.9. The van der Waals surface area contributed by atoms with Crippen LogP contribution in [-0.4, -0.2) is 76.4 Å². The van der Waals surface area contributed by atoms with E-state index < -0.39 is 0 Å². The first-order valence-electron chi connectivity index (χ1n) is 11.9. The number of guanidine groups is 1. The van der Waals surface area contributed by atoms with Gasteiger partial charge in [0.25, 0.3) is 0 Å². The van der Waals surface area contributed by atoms with Gasteiger partial charge >= 0.3 is 0 Å². The largest absolute Gasteiger partial charge is 0.383 e. The molecule has 1 aromatic rings. The summed E-state index contributed by atoms with van der Waals surface area (Å²) >= 11 is 0. The Hall–Kier alpha value is -1.86. The zero-order valence-electron chi connectivity index (χ0n) is 19.5. The Labute approximate surface area is 187 Å². The molecule has 6 nitrogen and oxygen atoms in total. The molecule has 0 saturated carbocycles. The Bertz CT molecular complexity index is 705. The SMILES string of the molecule is CCNC(=NCC1CCN(CCOC)CC1)NC1CCCN(c2ccc(F)cc2C)C1. The molecule has 0 aromatic heterocycles. The summed E-state index contributed by atoms with van der Waals surface area (Å²) in [6, 6.07) is 5.43. The van der Waals surface area contributed by atoms with Crippen LogP contribution in [0.4, 0.5) is 10.1 Å². The monoisotopic (exact) mass is 433 g/mol. The highest BCUT2D eigenvalue weighted by molar-refractivity contribution is 5.80. The van der Waals surface area contributed by atoms with Crippen molar-refractivity contribution in [1.29, 1.82) is 0 Å². The van der Waals surface area contributed by atoms with Gasteiger partial charge in [-0.25, -0.2) is 4.39 Å². The molecule has 174 valence electrons. The van der Waals surface area contributed by atoms with Crippen LogP contribution in [0.1, 0.15) is 38.2 Å². The quantitative estimate of drug-likeness (QED) is 0.488. The lowest BCUT2D eigenvalue weighted by Crippen LogP contribution is -2.51. The molecule has 1 atom stereocenters. The lowest BCUT2D eigenvalue weighted by Gasteiger charge is -2.36. The molecule has 1 unspecified atom stereocenters. The van der Waals surface area contributed by atoms with Crippen LogP contribution in [0, 0.1) is 18.7 Å². The second-order valence-corrected chi connectivity index (χ2v) is 8.86. The lowest BCUT2D eigenvalue weighted by molar-refractivity contribution is 0.121. The highest BCUT2D eigenvalue weighted by atomic mass is 19.1. The zero-order valence-corrected chi connectivity index (χ0v) is 19.5. The first-order chi connectivity index (χ1) is 15.1. The molecule has 2 aliphatic heterocycles. The molecule has 2 heterocycles. The van der Waals surface area contributed by atoms with Gasteiger partial charge in [-0.2, -0.15) is 0 Å². The highest BCUT2D eigenvalue weighted by Crippen LogP contribution is 2.24. The average molecular weight is 434 g/mol. The molecular weight excluding hydrogens is 393 g/mol. The molecule has 0 bridgehead atoms. The van der Waals surface area contributed by atoms with Crippen molar-refractivity contribution in [1.82, 2.24) is 15.5 Å². The van der Waals surface area contributed by atoms with Crippen molar-refractivity contribution in [3.05, 3.63) is 29.6 Å². The maximum absolute atomic E-state index is 13.5. The summed E-state index contributed by atoms with van der Waals surface area (Å²) in [4.78, 5) is 9.79. The number of benzene rings is 1. The molecular formula is C24H40FN5O. The molecule has 7 heteroatoms. The molecule has 0 radical (unpaired) electrons. The van der Waals surface area contributed by atoms with Crippen LogP contribution in [0.3, 0.4) is 0 Å². The number of methoxy groups -OCH3 is 1. The molecule has 1 aromatic carbocycles. The van der Waals surface area contributed by atoms with E-state index in [0.717, 1.165) is 82.5 Å². The summed E-state index contributed by atoms with van der Waals surface area (Å²) in [6.45, 7) is 11.9. The van der Waals surface area contributed by atoms with Crippen molar-refractivity contribution in [3.63, 3.8) is 0 Å². The third-order valence-electron chi connectivity index (χ3n) is 6.43. The van der Waals surface area contributed by atoms with Crippen LogP contribution >= 0.6 is 0 Å². The maximum Gasteiger partial charge on any atom is 0.191 e. The number of anilines is 1. The number of piperidine rings is 2. The van der Waals surface area contributed by atoms with E-state index in [9.17, 15) is 4.39 Å². The molecule has 2 fully saturated rings. The number of aryl methyl sites for hydroxylation is 1. The lowest BCUT2D eigenvalue weighted by atomic mass is 9.97. The summed E-state index contributed by atoms with van der Waals surface area (Å²) in [7, 11) is 1.77. The second kappa shape index (κ2) is 12.2. The van der Waals surface area contributed by atoms with Crippen LogP contribution in [0.15, 0.2) is 23.2 Å². The van der Waals surface area contributed by atoms with Gasteiger partial charge in [0.1, 0.15) is 5.82 Å². The fraction of sp³-hybridized carbons (Fsp3) is 0.708. The van der Waals surface area contributed by atoms with E-state index in [1.54, 1.807) is 19.2 Å². The predicted octanol–water partition coefficient (Wildman–Crippen LogP) is 3.02. The summed E-state index contributed by atoms with van der Waals surface area (Å²) in [5, 5.41) is 7.08. The highest BCUT2D eigenvalue weighted by Gasteiger charge is 2.23. The summed E-state index contributed by atoms with van der Waals surface area (Å²) in [6.07, 6.45) is 4.65. The number of likely N-dealkylation sites (tertiary alicyclic amines) is 1. The van der Waals surface area contributed by atoms with Crippen molar-refractivity contribution in [3.8, 4) is 0 Å². The minimum Gasteiger partial charge on any atom is -0.383 e. The molecule has 2 saturated heterocycles. The van der Waals surface area contributed by atoms with Gasteiger partial charge in [-0.05, 0) is 82.3 Å². The minimum atomic E-state index is -0.168. The first kappa shape index (κ1) is 23.8. The molecule has 31 heavy (non-hydrogen) atoms. The van der Waals surface area contributed by atoms with E-state index in [4.69, 9.17) is 9.73 Å². The Kier molecular flexibility index (Phi) is 9.40. The second-order valence-electron chi connectivity index (χ2n) is 8.86. The number of rotatable bonds is 8.